The van der Waals surface area contributed by atoms with E-state index in [1.54, 1.807) is 0 Å². The van der Waals surface area contributed by atoms with Crippen LogP contribution >= 0.6 is 7.82 Å². The molecular formula is C35H71NO11P+. The maximum Gasteiger partial charge on any atom is 0.472 e. The highest BCUT2D eigenvalue weighted by molar-refractivity contribution is 7.47. The number of hydrogen-bond acceptors (Lipinski definition) is 10. The topological polar surface area (TPSA) is 147 Å². The number of carbonyl (C=O) groups is 2. The summed E-state index contributed by atoms with van der Waals surface area (Å²) in [6, 6.07) is 0. The molecular weight excluding hydrogens is 641 g/mol. The van der Waals surface area contributed by atoms with Gasteiger partial charge in [0.05, 0.1) is 27.7 Å². The second kappa shape index (κ2) is 30.7. The molecule has 0 radical (unpaired) electrons. The molecule has 12 nitrogen and oxygen atoms in total. The Morgan fingerprint density at radius 3 is 1.69 bits per heavy atom. The van der Waals surface area contributed by atoms with Crippen LogP contribution in [0.1, 0.15) is 149 Å². The number of carbonyl (C=O) groups excluding carboxylic acids is 2. The molecule has 2 unspecified atom stereocenters. The number of nitrogens with zero attached hydrogens (tertiary/aromatic N) is 1. The predicted octanol–water partition coefficient (Wildman–Crippen LogP) is 8.35. The molecule has 0 aromatic heterocycles. The number of phosphoric acid groups is 1. The Bertz CT molecular complexity index is 825. The van der Waals surface area contributed by atoms with Crippen LogP contribution in [0.25, 0.3) is 0 Å². The maximum atomic E-state index is 12.6. The van der Waals surface area contributed by atoms with Gasteiger partial charge in [-0.3, -0.25) is 18.6 Å². The Kier molecular flexibility index (Phi) is 30.0. The van der Waals surface area contributed by atoms with Gasteiger partial charge in [0.2, 0.25) is 0 Å². The molecule has 0 saturated heterocycles. The van der Waals surface area contributed by atoms with Crippen LogP contribution in [0.2, 0.25) is 0 Å². The van der Waals surface area contributed by atoms with Crippen molar-refractivity contribution >= 4 is 19.8 Å². The van der Waals surface area contributed by atoms with Crippen molar-refractivity contribution in [2.75, 3.05) is 54.1 Å². The average molecular weight is 713 g/mol. The third kappa shape index (κ3) is 32.1. The molecule has 3 atom stereocenters. The lowest BCUT2D eigenvalue weighted by Gasteiger charge is -2.24. The summed E-state index contributed by atoms with van der Waals surface area (Å²) in [5, 5.41) is 8.81. The average Bonchev–Trinajstić information content (AvgIpc) is 3.02. The molecule has 0 aliphatic rings. The van der Waals surface area contributed by atoms with E-state index in [4.69, 9.17) is 28.5 Å². The molecule has 286 valence electrons. The summed E-state index contributed by atoms with van der Waals surface area (Å²) in [7, 11) is 1.39. The Balaban J connectivity index is 4.47. The van der Waals surface area contributed by atoms with Crippen molar-refractivity contribution in [3.05, 3.63) is 0 Å². The molecule has 0 amide bonds. The van der Waals surface area contributed by atoms with Crippen molar-refractivity contribution in [2.45, 2.75) is 161 Å². The first-order valence-electron chi connectivity index (χ1n) is 18.6. The number of phosphoric ester groups is 1. The van der Waals surface area contributed by atoms with Gasteiger partial charge < -0.3 is 23.6 Å². The Morgan fingerprint density at radius 1 is 0.688 bits per heavy atom. The lowest BCUT2D eigenvalue weighted by Crippen LogP contribution is -2.37. The van der Waals surface area contributed by atoms with E-state index in [0.717, 1.165) is 44.9 Å². The van der Waals surface area contributed by atoms with E-state index in [9.17, 15) is 19.0 Å². The minimum atomic E-state index is -4.39. The highest BCUT2D eigenvalue weighted by Crippen LogP contribution is 2.43. The van der Waals surface area contributed by atoms with Crippen molar-refractivity contribution in [3.63, 3.8) is 0 Å². The van der Waals surface area contributed by atoms with Gasteiger partial charge in [0, 0.05) is 25.9 Å². The zero-order valence-electron chi connectivity index (χ0n) is 31.0. The molecule has 0 aliphatic carbocycles. The van der Waals surface area contributed by atoms with Gasteiger partial charge in [-0.2, -0.15) is 0 Å². The molecule has 0 saturated carbocycles. The SMILES string of the molecule is CCCCCCCCCCCCCCCC(=O)OC[C@H](COP(=O)(O)OCC[N+](C)(C)C)OC(=O)CCCCCCCC(OO)OCC. The summed E-state index contributed by atoms with van der Waals surface area (Å²) in [5.41, 5.74) is 0. The number of quaternary nitrogens is 1. The van der Waals surface area contributed by atoms with Crippen LogP contribution < -0.4 is 0 Å². The number of hydrogen-bond donors (Lipinski definition) is 2. The maximum absolute atomic E-state index is 12.6. The summed E-state index contributed by atoms with van der Waals surface area (Å²) in [6.45, 7) is 4.32. The summed E-state index contributed by atoms with van der Waals surface area (Å²) in [6.07, 6.45) is 19.1. The number of ether oxygens (including phenoxy) is 3. The van der Waals surface area contributed by atoms with E-state index in [0.29, 0.717) is 30.5 Å². The Labute approximate surface area is 291 Å². The van der Waals surface area contributed by atoms with E-state index in [1.807, 2.05) is 28.1 Å². The molecule has 13 heteroatoms. The van der Waals surface area contributed by atoms with Crippen LogP contribution in [-0.4, -0.2) is 93.1 Å². The van der Waals surface area contributed by atoms with Crippen molar-refractivity contribution in [2.24, 2.45) is 0 Å². The molecule has 48 heavy (non-hydrogen) atoms. The van der Waals surface area contributed by atoms with Gasteiger partial charge >= 0.3 is 19.8 Å². The van der Waals surface area contributed by atoms with Crippen LogP contribution in [0, 0.1) is 0 Å². The van der Waals surface area contributed by atoms with Crippen LogP contribution in [0.5, 0.6) is 0 Å². The molecule has 0 aromatic carbocycles. The van der Waals surface area contributed by atoms with Gasteiger partial charge in [-0.15, -0.1) is 0 Å². The number of rotatable bonds is 35. The number of esters is 2. The quantitative estimate of drug-likeness (QED) is 0.0124. The van der Waals surface area contributed by atoms with E-state index in [-0.39, 0.29) is 26.1 Å². The van der Waals surface area contributed by atoms with Crippen LogP contribution in [0.4, 0.5) is 0 Å². The highest BCUT2D eigenvalue weighted by atomic mass is 31.2. The summed E-state index contributed by atoms with van der Waals surface area (Å²) < 4.78 is 39.2. The van der Waals surface area contributed by atoms with Gasteiger partial charge in [0.1, 0.15) is 19.8 Å². The minimum Gasteiger partial charge on any atom is -0.462 e. The van der Waals surface area contributed by atoms with E-state index >= 15 is 0 Å². The summed E-state index contributed by atoms with van der Waals surface area (Å²) >= 11 is 0. The van der Waals surface area contributed by atoms with Gasteiger partial charge in [0.15, 0.2) is 12.4 Å². The third-order valence-corrected chi connectivity index (χ3v) is 8.93. The second-order valence-corrected chi connectivity index (χ2v) is 15.1. The molecule has 0 bridgehead atoms. The predicted molar refractivity (Wildman–Crippen MR) is 187 cm³/mol. The molecule has 2 N–H and O–H groups in total. The van der Waals surface area contributed by atoms with Crippen molar-refractivity contribution in [1.82, 2.24) is 0 Å². The van der Waals surface area contributed by atoms with E-state index in [2.05, 4.69) is 11.8 Å². The molecule has 0 heterocycles. The number of unbranched alkanes of at least 4 members (excludes halogenated alkanes) is 16. The van der Waals surface area contributed by atoms with Crippen LogP contribution in [-0.2, 0) is 42.3 Å². The standard InChI is InChI=1S/C35H70NO11P/c1-6-8-9-10-11-12-13-14-15-16-17-19-22-25-33(37)43-30-32(31-45-48(40,41)44-29-28-36(3,4)5)46-34(38)26-23-20-18-21-24-27-35(47-39)42-7-2/h32,35H,6-31H2,1-5H3,(H-,39,40,41)/p+1/t32-,35?/m1/s1. The zero-order valence-corrected chi connectivity index (χ0v) is 31.9. The lowest BCUT2D eigenvalue weighted by atomic mass is 10.0. The highest BCUT2D eigenvalue weighted by Gasteiger charge is 2.27. The van der Waals surface area contributed by atoms with E-state index < -0.39 is 38.8 Å². The van der Waals surface area contributed by atoms with Crippen molar-refractivity contribution < 1.29 is 56.9 Å². The largest absolute Gasteiger partial charge is 0.472 e. The van der Waals surface area contributed by atoms with Crippen LogP contribution in [0.15, 0.2) is 0 Å². The van der Waals surface area contributed by atoms with Gasteiger partial charge in [-0.05, 0) is 26.2 Å². The first-order valence-corrected chi connectivity index (χ1v) is 20.1. The molecule has 0 aromatic rings. The normalized spacial score (nSPS) is 14.4. The Morgan fingerprint density at radius 2 is 1.19 bits per heavy atom. The second-order valence-electron chi connectivity index (χ2n) is 13.7. The molecule has 0 aliphatic heterocycles. The van der Waals surface area contributed by atoms with Gasteiger partial charge in [-0.25, -0.2) is 14.7 Å². The van der Waals surface area contributed by atoms with Gasteiger partial charge in [0.25, 0.3) is 0 Å². The first kappa shape index (κ1) is 46.9. The molecule has 0 spiro atoms. The van der Waals surface area contributed by atoms with Crippen molar-refractivity contribution in [1.29, 1.82) is 0 Å². The fourth-order valence-electron chi connectivity index (χ4n) is 5.01. The number of likely N-dealkylation sites (N-methyl/N-ethyl adjacent to an activating group) is 1. The minimum absolute atomic E-state index is 0.00908. The molecule has 0 rings (SSSR count). The summed E-state index contributed by atoms with van der Waals surface area (Å²) in [4.78, 5) is 39.4. The Hall–Kier alpha value is -1.11. The molecule has 0 fully saturated rings. The lowest BCUT2D eigenvalue weighted by molar-refractivity contribution is -0.870. The fraction of sp³-hybridized carbons (Fsp3) is 0.943. The zero-order chi connectivity index (χ0) is 35.9. The van der Waals surface area contributed by atoms with E-state index in [1.165, 1.54) is 64.2 Å². The summed E-state index contributed by atoms with van der Waals surface area (Å²) in [5.74, 6) is -0.899. The smallest absolute Gasteiger partial charge is 0.462 e. The fourth-order valence-corrected chi connectivity index (χ4v) is 5.76. The van der Waals surface area contributed by atoms with Crippen molar-refractivity contribution in [3.8, 4) is 0 Å². The monoisotopic (exact) mass is 712 g/mol. The third-order valence-electron chi connectivity index (χ3n) is 7.94. The van der Waals surface area contributed by atoms with Gasteiger partial charge in [-0.1, -0.05) is 103 Å². The first-order chi connectivity index (χ1) is 22.9. The van der Waals surface area contributed by atoms with Crippen LogP contribution in [0.3, 0.4) is 0 Å².